The third kappa shape index (κ3) is 3.32. The van der Waals surface area contributed by atoms with Crippen molar-refractivity contribution in [2.45, 2.75) is 19.4 Å². The Hall–Kier alpha value is -0.883. The van der Waals surface area contributed by atoms with E-state index in [1.54, 1.807) is 28.4 Å². The summed E-state index contributed by atoms with van der Waals surface area (Å²) in [6.45, 7) is 2.06. The van der Waals surface area contributed by atoms with Gasteiger partial charge in [-0.3, -0.25) is 0 Å². The summed E-state index contributed by atoms with van der Waals surface area (Å²) in [7, 11) is 4.10. The van der Waals surface area contributed by atoms with Gasteiger partial charge in [-0.15, -0.1) is 0 Å². The van der Waals surface area contributed by atoms with Gasteiger partial charge in [-0.1, -0.05) is 12.1 Å². The Balaban J connectivity index is 2.79. The molecule has 1 rings (SSSR count). The van der Waals surface area contributed by atoms with E-state index in [4.69, 9.17) is 18.0 Å². The van der Waals surface area contributed by atoms with Gasteiger partial charge in [-0.05, 0) is 30.5 Å². The minimum atomic E-state index is -2.49. The van der Waals surface area contributed by atoms with Gasteiger partial charge in [-0.25, -0.2) is 0 Å². The molecule has 0 aliphatic rings. The summed E-state index contributed by atoms with van der Waals surface area (Å²) >= 11 is 0. The zero-order valence-corrected chi connectivity index (χ0v) is 12.8. The quantitative estimate of drug-likeness (QED) is 0.713. The van der Waals surface area contributed by atoms with Crippen LogP contribution in [0.2, 0.25) is 6.04 Å². The van der Waals surface area contributed by atoms with Crippen molar-refractivity contribution in [3.63, 3.8) is 0 Å². The average molecular weight is 270 g/mol. The van der Waals surface area contributed by atoms with Crippen molar-refractivity contribution in [3.8, 4) is 5.75 Å². The third-order valence-corrected chi connectivity index (χ3v) is 5.98. The van der Waals surface area contributed by atoms with Gasteiger partial charge in [0.1, 0.15) is 5.75 Å². The Morgan fingerprint density at radius 3 is 2.11 bits per heavy atom. The maximum absolute atomic E-state index is 5.42. The molecule has 0 aliphatic heterocycles. The van der Waals surface area contributed by atoms with Crippen molar-refractivity contribution in [2.75, 3.05) is 28.4 Å². The molecule has 0 saturated heterocycles. The van der Waals surface area contributed by atoms with E-state index in [-0.39, 0.29) is 0 Å². The Morgan fingerprint density at radius 1 is 1.00 bits per heavy atom. The number of ether oxygens (including phenoxy) is 1. The van der Waals surface area contributed by atoms with Crippen LogP contribution in [0.15, 0.2) is 18.2 Å². The van der Waals surface area contributed by atoms with Gasteiger partial charge in [0.15, 0.2) is 0 Å². The highest BCUT2D eigenvalue weighted by Gasteiger charge is 2.37. The van der Waals surface area contributed by atoms with E-state index < -0.39 is 8.80 Å². The van der Waals surface area contributed by atoms with Crippen LogP contribution in [0.4, 0.5) is 0 Å². The molecule has 5 heteroatoms. The molecule has 18 heavy (non-hydrogen) atoms. The first-order valence-electron chi connectivity index (χ1n) is 5.90. The number of benzene rings is 1. The average Bonchev–Trinajstić information content (AvgIpc) is 2.42. The first-order chi connectivity index (χ1) is 8.62. The maximum Gasteiger partial charge on any atom is 0.500 e. The SMILES string of the molecule is COc1cccc(CC[Si](OC)(OC)OC)c1C. The van der Waals surface area contributed by atoms with Gasteiger partial charge in [0.05, 0.1) is 7.11 Å². The fraction of sp³-hybridized carbons (Fsp3) is 0.538. The van der Waals surface area contributed by atoms with Crippen LogP contribution in [-0.4, -0.2) is 37.2 Å². The van der Waals surface area contributed by atoms with Crippen molar-refractivity contribution in [1.82, 2.24) is 0 Å². The molecule has 0 aliphatic carbocycles. The molecule has 0 atom stereocenters. The monoisotopic (exact) mass is 270 g/mol. The first kappa shape index (κ1) is 15.2. The second-order valence-corrected chi connectivity index (χ2v) is 7.13. The summed E-state index contributed by atoms with van der Waals surface area (Å²) < 4.78 is 21.6. The lowest BCUT2D eigenvalue weighted by molar-refractivity contribution is 0.123. The Morgan fingerprint density at radius 2 is 1.61 bits per heavy atom. The Kier molecular flexibility index (Phi) is 5.81. The minimum Gasteiger partial charge on any atom is -0.496 e. The Labute approximate surface area is 110 Å². The van der Waals surface area contributed by atoms with Crippen molar-refractivity contribution < 1.29 is 18.0 Å². The number of rotatable bonds is 7. The predicted octanol–water partition coefficient (Wildman–Crippen LogP) is 2.42. The fourth-order valence-electron chi connectivity index (χ4n) is 2.00. The van der Waals surface area contributed by atoms with E-state index in [1.165, 1.54) is 5.56 Å². The zero-order valence-electron chi connectivity index (χ0n) is 11.8. The van der Waals surface area contributed by atoms with Crippen molar-refractivity contribution in [3.05, 3.63) is 29.3 Å². The van der Waals surface area contributed by atoms with Gasteiger partial charge in [0.2, 0.25) is 0 Å². The second kappa shape index (κ2) is 6.89. The third-order valence-electron chi connectivity index (χ3n) is 3.25. The van der Waals surface area contributed by atoms with E-state index in [0.29, 0.717) is 0 Å². The summed E-state index contributed by atoms with van der Waals surface area (Å²) in [5, 5.41) is 0. The molecule has 0 amide bonds. The van der Waals surface area contributed by atoms with Crippen LogP contribution >= 0.6 is 0 Å². The molecule has 0 saturated carbocycles. The summed E-state index contributed by atoms with van der Waals surface area (Å²) in [5.41, 5.74) is 2.39. The summed E-state index contributed by atoms with van der Waals surface area (Å²) in [4.78, 5) is 0. The number of hydrogen-bond donors (Lipinski definition) is 0. The molecule has 0 fully saturated rings. The van der Waals surface area contributed by atoms with Crippen molar-refractivity contribution >= 4 is 8.80 Å². The molecule has 0 radical (unpaired) electrons. The molecule has 0 N–H and O–H groups in total. The summed E-state index contributed by atoms with van der Waals surface area (Å²) in [6, 6.07) is 6.81. The van der Waals surface area contributed by atoms with Gasteiger partial charge in [-0.2, -0.15) is 0 Å². The fourth-order valence-corrected chi connectivity index (χ4v) is 3.68. The molecular weight excluding hydrogens is 248 g/mol. The lowest BCUT2D eigenvalue weighted by Crippen LogP contribution is -2.43. The highest BCUT2D eigenvalue weighted by Crippen LogP contribution is 2.24. The zero-order chi connectivity index (χ0) is 13.6. The van der Waals surface area contributed by atoms with E-state index in [9.17, 15) is 0 Å². The van der Waals surface area contributed by atoms with Crippen LogP contribution in [-0.2, 0) is 19.7 Å². The van der Waals surface area contributed by atoms with Crippen LogP contribution in [0.1, 0.15) is 11.1 Å². The van der Waals surface area contributed by atoms with Crippen LogP contribution in [0, 0.1) is 6.92 Å². The van der Waals surface area contributed by atoms with E-state index in [1.807, 2.05) is 12.1 Å². The maximum atomic E-state index is 5.42. The lowest BCUT2D eigenvalue weighted by Gasteiger charge is -2.24. The molecule has 4 nitrogen and oxygen atoms in total. The molecule has 0 unspecified atom stereocenters. The largest absolute Gasteiger partial charge is 0.500 e. The number of hydrogen-bond acceptors (Lipinski definition) is 4. The molecule has 0 heterocycles. The standard InChI is InChI=1S/C13H22O4Si/c1-11-12(7-6-8-13(11)14-2)9-10-18(15-3,16-4)17-5/h6-8H,9-10H2,1-5H3. The summed E-state index contributed by atoms with van der Waals surface area (Å²) in [5.74, 6) is 0.909. The van der Waals surface area contributed by atoms with E-state index >= 15 is 0 Å². The highest BCUT2D eigenvalue weighted by atomic mass is 28.4. The van der Waals surface area contributed by atoms with Crippen LogP contribution in [0.3, 0.4) is 0 Å². The van der Waals surface area contributed by atoms with Crippen LogP contribution < -0.4 is 4.74 Å². The van der Waals surface area contributed by atoms with Gasteiger partial charge >= 0.3 is 8.80 Å². The first-order valence-corrected chi connectivity index (χ1v) is 7.83. The van der Waals surface area contributed by atoms with Crippen molar-refractivity contribution in [2.24, 2.45) is 0 Å². The summed E-state index contributed by atoms with van der Waals surface area (Å²) in [6.07, 6.45) is 0.852. The molecule has 0 aromatic heterocycles. The molecule has 1 aromatic carbocycles. The van der Waals surface area contributed by atoms with Crippen LogP contribution in [0.5, 0.6) is 5.75 Å². The van der Waals surface area contributed by atoms with Crippen molar-refractivity contribution in [1.29, 1.82) is 0 Å². The molecular formula is C13H22O4Si. The number of methoxy groups -OCH3 is 1. The number of aryl methyl sites for hydroxylation is 1. The molecule has 0 bridgehead atoms. The highest BCUT2D eigenvalue weighted by molar-refractivity contribution is 6.60. The molecule has 102 valence electrons. The van der Waals surface area contributed by atoms with Gasteiger partial charge in [0.25, 0.3) is 0 Å². The van der Waals surface area contributed by atoms with E-state index in [2.05, 4.69) is 13.0 Å². The molecule has 1 aromatic rings. The van der Waals surface area contributed by atoms with E-state index in [0.717, 1.165) is 23.8 Å². The van der Waals surface area contributed by atoms with Gasteiger partial charge < -0.3 is 18.0 Å². The smallest absolute Gasteiger partial charge is 0.496 e. The van der Waals surface area contributed by atoms with Crippen LogP contribution in [0.25, 0.3) is 0 Å². The molecule has 0 spiro atoms. The predicted molar refractivity (Wildman–Crippen MR) is 73.0 cm³/mol. The normalized spacial score (nSPS) is 11.6. The Bertz CT molecular complexity index is 369. The minimum absolute atomic E-state index is 0.754. The lowest BCUT2D eigenvalue weighted by atomic mass is 10.1. The topological polar surface area (TPSA) is 36.9 Å². The second-order valence-electron chi connectivity index (χ2n) is 4.04. The van der Waals surface area contributed by atoms with Gasteiger partial charge in [0, 0.05) is 27.4 Å².